The molecule has 1 aliphatic heterocycles. The standard InChI is InChI=1S/C43H50N6O4S/c1-31(2)28-42(47(5)54(51,52)37-19-15-34(16-20-37)30-49-33(4)45-40-29-44-23-21-41(40)49)43(50)53-27-9-11-36-10-8-12-39(46-36)38(22-26-48-24-6-7-25-48)35-17-13-32(3)14-18-35/h8-23,29,31,42H,6-7,24-28,30H2,1-5H3. The Morgan fingerprint density at radius 2 is 1.70 bits per heavy atom. The van der Waals surface area contributed by atoms with Gasteiger partial charge in [-0.15, -0.1) is 0 Å². The van der Waals surface area contributed by atoms with Gasteiger partial charge in [0.1, 0.15) is 24.0 Å². The molecule has 54 heavy (non-hydrogen) atoms. The van der Waals surface area contributed by atoms with E-state index in [1.54, 1.807) is 42.7 Å². The molecule has 1 atom stereocenters. The Bertz CT molecular complexity index is 2220. The maximum atomic E-state index is 13.8. The van der Waals surface area contributed by atoms with Crippen molar-refractivity contribution in [3.8, 4) is 0 Å². The molecule has 0 N–H and O–H groups in total. The molecule has 4 heterocycles. The molecular formula is C43H50N6O4S. The van der Waals surface area contributed by atoms with E-state index in [2.05, 4.69) is 56.7 Å². The summed E-state index contributed by atoms with van der Waals surface area (Å²) in [5.41, 5.74) is 7.70. The number of carbonyl (C=O) groups excluding carboxylic acids is 1. The Labute approximate surface area is 319 Å². The molecule has 0 saturated carbocycles. The normalized spacial score (nSPS) is 14.8. The highest BCUT2D eigenvalue weighted by molar-refractivity contribution is 7.89. The fourth-order valence-electron chi connectivity index (χ4n) is 6.80. The molecule has 0 spiro atoms. The lowest BCUT2D eigenvalue weighted by molar-refractivity contribution is -0.147. The van der Waals surface area contributed by atoms with Crippen molar-refractivity contribution in [2.45, 2.75) is 64.4 Å². The van der Waals surface area contributed by atoms with Crippen LogP contribution in [0.15, 0.2) is 102 Å². The van der Waals surface area contributed by atoms with Gasteiger partial charge in [-0.2, -0.15) is 4.31 Å². The number of aromatic nitrogens is 4. The van der Waals surface area contributed by atoms with Crippen LogP contribution in [0.5, 0.6) is 0 Å². The molecule has 2 aromatic carbocycles. The Kier molecular flexibility index (Phi) is 12.5. The molecule has 1 aliphatic rings. The minimum Gasteiger partial charge on any atom is -0.460 e. The van der Waals surface area contributed by atoms with Gasteiger partial charge in [0.2, 0.25) is 10.0 Å². The quantitative estimate of drug-likeness (QED) is 0.103. The van der Waals surface area contributed by atoms with Crippen molar-refractivity contribution in [2.75, 3.05) is 33.3 Å². The third kappa shape index (κ3) is 9.39. The summed E-state index contributed by atoms with van der Waals surface area (Å²) in [6.07, 6.45) is 12.1. The predicted molar refractivity (Wildman–Crippen MR) is 214 cm³/mol. The van der Waals surface area contributed by atoms with Crippen molar-refractivity contribution >= 4 is 38.7 Å². The summed E-state index contributed by atoms with van der Waals surface area (Å²) in [5.74, 6) is 0.299. The minimum absolute atomic E-state index is 0.0179. The molecule has 10 nitrogen and oxygen atoms in total. The highest BCUT2D eigenvalue weighted by atomic mass is 32.2. The van der Waals surface area contributed by atoms with Crippen LogP contribution in [0, 0.1) is 19.8 Å². The van der Waals surface area contributed by atoms with Crippen molar-refractivity contribution < 1.29 is 17.9 Å². The number of hydrogen-bond donors (Lipinski definition) is 0. The van der Waals surface area contributed by atoms with E-state index in [0.29, 0.717) is 13.0 Å². The Morgan fingerprint density at radius 3 is 2.43 bits per heavy atom. The van der Waals surface area contributed by atoms with Crippen LogP contribution in [-0.4, -0.2) is 82.4 Å². The number of pyridine rings is 2. The summed E-state index contributed by atoms with van der Waals surface area (Å²) in [5, 5.41) is 0. The van der Waals surface area contributed by atoms with Crippen molar-refractivity contribution in [3.63, 3.8) is 0 Å². The number of sulfonamides is 1. The molecule has 0 bridgehead atoms. The second-order valence-corrected chi connectivity index (χ2v) is 16.4. The maximum absolute atomic E-state index is 13.8. The lowest BCUT2D eigenvalue weighted by Crippen LogP contribution is -2.44. The summed E-state index contributed by atoms with van der Waals surface area (Å²) < 4.78 is 36.5. The number of carbonyl (C=O) groups is 1. The molecule has 11 heteroatoms. The molecular weight excluding hydrogens is 697 g/mol. The number of benzene rings is 2. The highest BCUT2D eigenvalue weighted by Gasteiger charge is 2.34. The van der Waals surface area contributed by atoms with Crippen LogP contribution >= 0.6 is 0 Å². The van der Waals surface area contributed by atoms with Crippen LogP contribution in [0.1, 0.15) is 67.0 Å². The summed E-state index contributed by atoms with van der Waals surface area (Å²) in [7, 11) is -2.56. The molecule has 3 aromatic heterocycles. The minimum atomic E-state index is -4.00. The third-order valence-electron chi connectivity index (χ3n) is 9.86. The zero-order chi connectivity index (χ0) is 38.2. The van der Waals surface area contributed by atoms with Gasteiger partial charge in [-0.05, 0) is 106 Å². The lowest BCUT2D eigenvalue weighted by Gasteiger charge is -2.27. The van der Waals surface area contributed by atoms with E-state index in [1.165, 1.54) is 25.5 Å². The first-order valence-corrected chi connectivity index (χ1v) is 20.1. The average Bonchev–Trinajstić information content (AvgIpc) is 3.80. The monoisotopic (exact) mass is 746 g/mol. The second-order valence-electron chi connectivity index (χ2n) is 14.4. The molecule has 0 aliphatic carbocycles. The van der Waals surface area contributed by atoms with Crippen molar-refractivity contribution in [1.29, 1.82) is 0 Å². The SMILES string of the molecule is Cc1ccc(C(=CCN2CCCC2)c2cccc(C=CCOC(=O)C(CC(C)C)N(C)S(=O)(=O)c3ccc(Cn4c(C)nc5cnccc54)cc3)n2)cc1. The van der Waals surface area contributed by atoms with Gasteiger partial charge in [-0.1, -0.05) is 68.0 Å². The number of likely N-dealkylation sites (tertiary alicyclic amines) is 1. The summed E-state index contributed by atoms with van der Waals surface area (Å²) >= 11 is 0. The predicted octanol–water partition coefficient (Wildman–Crippen LogP) is 7.31. The summed E-state index contributed by atoms with van der Waals surface area (Å²) in [4.78, 5) is 29.7. The summed E-state index contributed by atoms with van der Waals surface area (Å²) in [6, 6.07) is 22.1. The van der Waals surface area contributed by atoms with E-state index in [9.17, 15) is 13.2 Å². The van der Waals surface area contributed by atoms with Crippen LogP contribution in [-0.2, 0) is 26.1 Å². The summed E-state index contributed by atoms with van der Waals surface area (Å²) in [6.45, 7) is 11.5. The molecule has 6 rings (SSSR count). The van der Waals surface area contributed by atoms with E-state index in [4.69, 9.17) is 9.72 Å². The number of hydrogen-bond acceptors (Lipinski definition) is 8. The maximum Gasteiger partial charge on any atom is 0.324 e. The van der Waals surface area contributed by atoms with Crippen LogP contribution in [0.2, 0.25) is 0 Å². The van der Waals surface area contributed by atoms with Gasteiger partial charge in [0.05, 0.1) is 28.0 Å². The zero-order valence-electron chi connectivity index (χ0n) is 31.9. The van der Waals surface area contributed by atoms with E-state index >= 15 is 0 Å². The molecule has 0 amide bonds. The van der Waals surface area contributed by atoms with Gasteiger partial charge in [-0.25, -0.2) is 18.4 Å². The molecule has 1 fully saturated rings. The first-order chi connectivity index (χ1) is 26.0. The van der Waals surface area contributed by atoms with Crippen LogP contribution in [0.4, 0.5) is 0 Å². The smallest absolute Gasteiger partial charge is 0.324 e. The topological polar surface area (TPSA) is 111 Å². The highest BCUT2D eigenvalue weighted by Crippen LogP contribution is 2.25. The van der Waals surface area contributed by atoms with Gasteiger partial charge >= 0.3 is 5.97 Å². The fraction of sp³-hybridized carbons (Fsp3) is 0.349. The molecule has 0 radical (unpaired) electrons. The van der Waals surface area contributed by atoms with Crippen LogP contribution in [0.3, 0.4) is 0 Å². The van der Waals surface area contributed by atoms with Gasteiger partial charge in [0.15, 0.2) is 0 Å². The zero-order valence-corrected chi connectivity index (χ0v) is 32.7. The van der Waals surface area contributed by atoms with E-state index < -0.39 is 22.0 Å². The Morgan fingerprint density at radius 1 is 0.963 bits per heavy atom. The number of aryl methyl sites for hydroxylation is 2. The largest absolute Gasteiger partial charge is 0.460 e. The van der Waals surface area contributed by atoms with Crippen molar-refractivity contribution in [3.05, 3.63) is 131 Å². The number of ether oxygens (including phenoxy) is 1. The fourth-order valence-corrected chi connectivity index (χ4v) is 8.12. The lowest BCUT2D eigenvalue weighted by atomic mass is 10.00. The first kappa shape index (κ1) is 38.7. The average molecular weight is 747 g/mol. The van der Waals surface area contributed by atoms with Crippen molar-refractivity contribution in [1.82, 2.24) is 28.7 Å². The van der Waals surface area contributed by atoms with Crippen molar-refractivity contribution in [2.24, 2.45) is 5.92 Å². The molecule has 1 saturated heterocycles. The molecule has 1 unspecified atom stereocenters. The van der Waals surface area contributed by atoms with E-state index in [-0.39, 0.29) is 17.4 Å². The number of imidazole rings is 1. The second kappa shape index (κ2) is 17.4. The molecule has 5 aromatic rings. The van der Waals surface area contributed by atoms with E-state index in [1.807, 2.05) is 51.1 Å². The number of fused-ring (bicyclic) bond motifs is 1. The van der Waals surface area contributed by atoms with Gasteiger partial charge < -0.3 is 9.30 Å². The van der Waals surface area contributed by atoms with Crippen LogP contribution < -0.4 is 0 Å². The van der Waals surface area contributed by atoms with Crippen LogP contribution in [0.25, 0.3) is 22.7 Å². The number of rotatable bonds is 15. The van der Waals surface area contributed by atoms with Gasteiger partial charge in [-0.3, -0.25) is 14.7 Å². The molecule has 282 valence electrons. The Balaban J connectivity index is 1.11. The number of nitrogens with zero attached hydrogens (tertiary/aromatic N) is 6. The third-order valence-corrected chi connectivity index (χ3v) is 11.7. The van der Waals surface area contributed by atoms with Gasteiger partial charge in [0, 0.05) is 31.9 Å². The Hall–Kier alpha value is -4.97. The number of esters is 1. The van der Waals surface area contributed by atoms with E-state index in [0.717, 1.165) is 68.9 Å². The number of likely N-dealkylation sites (N-methyl/N-ethyl adjacent to an activating group) is 1. The first-order valence-electron chi connectivity index (χ1n) is 18.6. The van der Waals surface area contributed by atoms with Gasteiger partial charge in [0.25, 0.3) is 0 Å².